The number of ketones is 1. The number of carbonyl (C=O) groups excluding carboxylic acids is 1. The van der Waals surface area contributed by atoms with Gasteiger partial charge < -0.3 is 4.42 Å². The lowest BCUT2D eigenvalue weighted by molar-refractivity contribution is 0.0925. The molecule has 0 saturated carbocycles. The summed E-state index contributed by atoms with van der Waals surface area (Å²) in [6, 6.07) is 12.2. The zero-order chi connectivity index (χ0) is 16.4. The van der Waals surface area contributed by atoms with Gasteiger partial charge in [0.2, 0.25) is 0 Å². The van der Waals surface area contributed by atoms with E-state index in [-0.39, 0.29) is 11.3 Å². The van der Waals surface area contributed by atoms with Gasteiger partial charge in [-0.15, -0.1) is 0 Å². The van der Waals surface area contributed by atoms with Gasteiger partial charge in [0, 0.05) is 16.7 Å². The number of hydrogen-bond donors (Lipinski definition) is 0. The number of nitrogens with zero attached hydrogens (tertiary/aromatic N) is 2. The van der Waals surface area contributed by atoms with Crippen molar-refractivity contribution in [1.29, 1.82) is 0 Å². The van der Waals surface area contributed by atoms with Crippen LogP contribution in [0.15, 0.2) is 64.0 Å². The van der Waals surface area contributed by atoms with Gasteiger partial charge in [-0.3, -0.25) is 9.59 Å². The van der Waals surface area contributed by atoms with Crippen LogP contribution in [0.1, 0.15) is 23.3 Å². The van der Waals surface area contributed by atoms with Crippen LogP contribution in [0.5, 0.6) is 0 Å². The van der Waals surface area contributed by atoms with Gasteiger partial charge in [0.15, 0.2) is 11.5 Å². The zero-order valence-corrected chi connectivity index (χ0v) is 13.0. The van der Waals surface area contributed by atoms with Gasteiger partial charge in [-0.25, -0.2) is 4.68 Å². The number of rotatable bonds is 4. The number of Topliss-reactive ketones (excluding diaryl/α,β-unsaturated/α-hetero) is 1. The lowest BCUT2D eigenvalue weighted by Gasteiger charge is -2.13. The topological polar surface area (TPSA) is 65.1 Å². The van der Waals surface area contributed by atoms with Crippen molar-refractivity contribution in [2.45, 2.75) is 13.0 Å². The Morgan fingerprint density at radius 2 is 1.91 bits per heavy atom. The van der Waals surface area contributed by atoms with Crippen LogP contribution in [-0.4, -0.2) is 15.6 Å². The van der Waals surface area contributed by atoms with E-state index in [1.165, 1.54) is 12.3 Å². The second kappa shape index (κ2) is 6.22. The molecule has 5 nitrogen and oxygen atoms in total. The van der Waals surface area contributed by atoms with Crippen LogP contribution < -0.4 is 5.56 Å². The highest BCUT2D eigenvalue weighted by atomic mass is 35.5. The van der Waals surface area contributed by atoms with E-state index in [9.17, 15) is 9.59 Å². The van der Waals surface area contributed by atoms with E-state index in [1.54, 1.807) is 49.4 Å². The molecule has 0 spiro atoms. The van der Waals surface area contributed by atoms with Crippen molar-refractivity contribution in [1.82, 2.24) is 9.78 Å². The first-order valence-corrected chi connectivity index (χ1v) is 7.37. The average molecular weight is 329 g/mol. The highest BCUT2D eigenvalue weighted by molar-refractivity contribution is 6.30. The van der Waals surface area contributed by atoms with Crippen LogP contribution in [0.2, 0.25) is 5.02 Å². The van der Waals surface area contributed by atoms with E-state index in [2.05, 4.69) is 5.10 Å². The molecule has 0 saturated heterocycles. The molecule has 1 aromatic carbocycles. The third-order valence-electron chi connectivity index (χ3n) is 3.47. The quantitative estimate of drug-likeness (QED) is 0.686. The first kappa shape index (κ1) is 15.2. The molecule has 0 aliphatic carbocycles. The molecule has 0 radical (unpaired) electrons. The van der Waals surface area contributed by atoms with Gasteiger partial charge in [0.25, 0.3) is 5.56 Å². The summed E-state index contributed by atoms with van der Waals surface area (Å²) < 4.78 is 6.44. The summed E-state index contributed by atoms with van der Waals surface area (Å²) in [4.78, 5) is 24.6. The summed E-state index contributed by atoms with van der Waals surface area (Å²) in [5.74, 6) is 0.317. The predicted molar refractivity (Wildman–Crippen MR) is 86.7 cm³/mol. The number of carbonyl (C=O) groups is 1. The maximum atomic E-state index is 12.5. The molecule has 0 N–H and O–H groups in total. The molecule has 2 heterocycles. The number of halogens is 1. The number of furan rings is 1. The van der Waals surface area contributed by atoms with Crippen molar-refractivity contribution in [3.05, 3.63) is 75.7 Å². The summed E-state index contributed by atoms with van der Waals surface area (Å²) in [5, 5.41) is 4.79. The standard InChI is InChI=1S/C17H13ClN2O3/c1-11(17(22)12-4-6-13(18)7-5-12)20-16(21)9-8-14(19-20)15-3-2-10-23-15/h2-11H,1H3/t11-/m0/s1. The van der Waals surface area contributed by atoms with E-state index in [0.29, 0.717) is 22.0 Å². The molecule has 0 aliphatic heterocycles. The van der Waals surface area contributed by atoms with Crippen LogP contribution in [0.25, 0.3) is 11.5 Å². The summed E-state index contributed by atoms with van der Waals surface area (Å²) in [6.07, 6.45) is 1.52. The number of benzene rings is 1. The lowest BCUT2D eigenvalue weighted by atomic mass is 10.1. The molecule has 116 valence electrons. The Kier molecular flexibility index (Phi) is 4.12. The molecule has 0 fully saturated rings. The molecular formula is C17H13ClN2O3. The minimum atomic E-state index is -0.737. The van der Waals surface area contributed by atoms with E-state index in [0.717, 1.165) is 4.68 Å². The SMILES string of the molecule is C[C@@H](C(=O)c1ccc(Cl)cc1)n1nc(-c2ccco2)ccc1=O. The highest BCUT2D eigenvalue weighted by Crippen LogP contribution is 2.18. The molecule has 0 aliphatic rings. The van der Waals surface area contributed by atoms with Crippen LogP contribution in [0, 0.1) is 0 Å². The van der Waals surface area contributed by atoms with Gasteiger partial charge in [-0.2, -0.15) is 5.10 Å². The van der Waals surface area contributed by atoms with E-state index in [1.807, 2.05) is 0 Å². The second-order valence-electron chi connectivity index (χ2n) is 5.03. The molecule has 23 heavy (non-hydrogen) atoms. The van der Waals surface area contributed by atoms with Crippen molar-refractivity contribution in [3.63, 3.8) is 0 Å². The predicted octanol–water partition coefficient (Wildman–Crippen LogP) is 3.60. The maximum absolute atomic E-state index is 12.5. The molecule has 3 aromatic rings. The molecule has 2 aromatic heterocycles. The normalized spacial score (nSPS) is 12.1. The fraction of sp³-hybridized carbons (Fsp3) is 0.118. The smallest absolute Gasteiger partial charge is 0.267 e. The van der Waals surface area contributed by atoms with Gasteiger partial charge in [0.1, 0.15) is 11.7 Å². The van der Waals surface area contributed by atoms with Crippen molar-refractivity contribution >= 4 is 17.4 Å². The molecule has 0 amide bonds. The Morgan fingerprint density at radius 1 is 1.17 bits per heavy atom. The Balaban J connectivity index is 1.97. The van der Waals surface area contributed by atoms with E-state index < -0.39 is 6.04 Å². The summed E-state index contributed by atoms with van der Waals surface area (Å²) in [7, 11) is 0. The molecular weight excluding hydrogens is 316 g/mol. The monoisotopic (exact) mass is 328 g/mol. The maximum Gasteiger partial charge on any atom is 0.267 e. The molecule has 3 rings (SSSR count). The fourth-order valence-electron chi connectivity index (χ4n) is 2.22. The zero-order valence-electron chi connectivity index (χ0n) is 12.3. The molecule has 0 unspecified atom stereocenters. The first-order valence-electron chi connectivity index (χ1n) is 7.00. The van der Waals surface area contributed by atoms with Crippen molar-refractivity contribution in [2.75, 3.05) is 0 Å². The van der Waals surface area contributed by atoms with Gasteiger partial charge >= 0.3 is 0 Å². The largest absolute Gasteiger partial charge is 0.463 e. The molecule has 0 bridgehead atoms. The van der Waals surface area contributed by atoms with Gasteiger partial charge in [-0.05, 0) is 49.4 Å². The second-order valence-corrected chi connectivity index (χ2v) is 5.46. The van der Waals surface area contributed by atoms with Crippen molar-refractivity contribution in [3.8, 4) is 11.5 Å². The summed E-state index contributed by atoms with van der Waals surface area (Å²) in [5.41, 5.74) is 0.611. The van der Waals surface area contributed by atoms with Crippen LogP contribution in [0.4, 0.5) is 0 Å². The third kappa shape index (κ3) is 3.10. The van der Waals surface area contributed by atoms with Crippen LogP contribution >= 0.6 is 11.6 Å². The highest BCUT2D eigenvalue weighted by Gasteiger charge is 2.20. The fourth-order valence-corrected chi connectivity index (χ4v) is 2.35. The molecule has 1 atom stereocenters. The van der Waals surface area contributed by atoms with E-state index >= 15 is 0 Å². The van der Waals surface area contributed by atoms with Crippen molar-refractivity contribution < 1.29 is 9.21 Å². The number of aromatic nitrogens is 2. The minimum absolute atomic E-state index is 0.215. The van der Waals surface area contributed by atoms with E-state index in [4.69, 9.17) is 16.0 Å². The number of hydrogen-bond acceptors (Lipinski definition) is 4. The van der Waals surface area contributed by atoms with Crippen LogP contribution in [-0.2, 0) is 0 Å². The summed E-state index contributed by atoms with van der Waals surface area (Å²) >= 11 is 5.83. The third-order valence-corrected chi connectivity index (χ3v) is 3.73. The van der Waals surface area contributed by atoms with Crippen molar-refractivity contribution in [2.24, 2.45) is 0 Å². The lowest BCUT2D eigenvalue weighted by Crippen LogP contribution is -2.30. The van der Waals surface area contributed by atoms with Crippen LogP contribution in [0.3, 0.4) is 0 Å². The van der Waals surface area contributed by atoms with Gasteiger partial charge in [0.05, 0.1) is 6.26 Å². The minimum Gasteiger partial charge on any atom is -0.463 e. The van der Waals surface area contributed by atoms with Gasteiger partial charge in [-0.1, -0.05) is 11.6 Å². The average Bonchev–Trinajstić information content (AvgIpc) is 3.09. The first-order chi connectivity index (χ1) is 11.1. The summed E-state index contributed by atoms with van der Waals surface area (Å²) in [6.45, 7) is 1.64. The molecule has 6 heteroatoms. The Hall–Kier alpha value is -2.66. The Labute approximate surface area is 137 Å². The Bertz CT molecular complexity index is 883. The Morgan fingerprint density at radius 3 is 2.57 bits per heavy atom.